The lowest BCUT2D eigenvalue weighted by Crippen LogP contribution is -2.40. The van der Waals surface area contributed by atoms with E-state index in [-0.39, 0.29) is 35.0 Å². The Morgan fingerprint density at radius 3 is 2.35 bits per heavy atom. The summed E-state index contributed by atoms with van der Waals surface area (Å²) in [4.78, 5) is 10.5. The average Bonchev–Trinajstić information content (AvgIpc) is 2.81. The molecule has 1 heterocycles. The Kier molecular flexibility index (Phi) is 8.57. The molecule has 0 bridgehead atoms. The van der Waals surface area contributed by atoms with E-state index in [1.54, 1.807) is 0 Å². The van der Waals surface area contributed by atoms with Gasteiger partial charge in [-0.15, -0.1) is 0 Å². The van der Waals surface area contributed by atoms with E-state index in [4.69, 9.17) is 21.4 Å². The van der Waals surface area contributed by atoms with Crippen molar-refractivity contribution in [3.63, 3.8) is 0 Å². The third-order valence-electron chi connectivity index (χ3n) is 4.88. The second kappa shape index (κ2) is 11.2. The number of carboxylic acids is 1. The second-order valence-electron chi connectivity index (χ2n) is 7.33. The molecule has 2 aromatic carbocycles. The summed E-state index contributed by atoms with van der Waals surface area (Å²) in [5.74, 6) is 4.72. The quantitative estimate of drug-likeness (QED) is 0.399. The van der Waals surface area contributed by atoms with Gasteiger partial charge in [0.25, 0.3) is 10.0 Å². The molecule has 9 nitrogen and oxygen atoms in total. The van der Waals surface area contributed by atoms with Gasteiger partial charge >= 0.3 is 5.97 Å². The fraction of sp³-hybridized carbons (Fsp3) is 0.318. The number of sulfonamides is 2. The van der Waals surface area contributed by atoms with Gasteiger partial charge in [-0.05, 0) is 48.9 Å². The maximum absolute atomic E-state index is 12.9. The van der Waals surface area contributed by atoms with Gasteiger partial charge in [0.1, 0.15) is 0 Å². The lowest BCUT2D eigenvalue weighted by molar-refractivity contribution is -0.137. The Labute approximate surface area is 203 Å². The Morgan fingerprint density at radius 2 is 1.71 bits per heavy atom. The van der Waals surface area contributed by atoms with Gasteiger partial charge in [0.05, 0.1) is 34.3 Å². The number of hydrogen-bond acceptors (Lipinski definition) is 6. The van der Waals surface area contributed by atoms with E-state index in [0.29, 0.717) is 36.6 Å². The van der Waals surface area contributed by atoms with Crippen LogP contribution in [0.1, 0.15) is 24.8 Å². The molecule has 182 valence electrons. The fourth-order valence-electron chi connectivity index (χ4n) is 3.13. The van der Waals surface area contributed by atoms with Crippen molar-refractivity contribution in [2.24, 2.45) is 0 Å². The third kappa shape index (κ3) is 6.71. The van der Waals surface area contributed by atoms with Crippen LogP contribution in [0.2, 0.25) is 5.02 Å². The number of nitrogens with zero attached hydrogens (tertiary/aromatic N) is 1. The van der Waals surface area contributed by atoms with E-state index in [9.17, 15) is 21.6 Å². The molecule has 12 heteroatoms. The Morgan fingerprint density at radius 1 is 1.06 bits per heavy atom. The number of ether oxygens (including phenoxy) is 1. The minimum atomic E-state index is -4.05. The van der Waals surface area contributed by atoms with Gasteiger partial charge in [-0.1, -0.05) is 23.4 Å². The first kappa shape index (κ1) is 26.0. The Bertz CT molecular complexity index is 1310. The van der Waals surface area contributed by atoms with Crippen LogP contribution in [-0.4, -0.2) is 58.5 Å². The number of carbonyl (C=O) groups is 1. The van der Waals surface area contributed by atoms with Crippen LogP contribution >= 0.6 is 11.6 Å². The van der Waals surface area contributed by atoms with Crippen molar-refractivity contribution in [1.29, 1.82) is 0 Å². The fourth-order valence-corrected chi connectivity index (χ4v) is 5.78. The Hall–Kier alpha value is -2.62. The van der Waals surface area contributed by atoms with Crippen LogP contribution in [0.5, 0.6) is 0 Å². The number of hydrogen-bond donors (Lipinski definition) is 2. The second-order valence-corrected chi connectivity index (χ2v) is 11.4. The smallest absolute Gasteiger partial charge is 0.303 e. The number of nitrogens with one attached hydrogen (secondary N) is 1. The first-order valence-electron chi connectivity index (χ1n) is 10.3. The number of rotatable bonds is 8. The number of anilines is 1. The molecule has 0 spiro atoms. The van der Waals surface area contributed by atoms with Gasteiger partial charge in [0.2, 0.25) is 10.0 Å². The lowest BCUT2D eigenvalue weighted by Gasteiger charge is -2.26. The molecule has 34 heavy (non-hydrogen) atoms. The van der Waals surface area contributed by atoms with Crippen molar-refractivity contribution in [2.45, 2.75) is 29.1 Å². The number of halogens is 1. The summed E-state index contributed by atoms with van der Waals surface area (Å²) >= 11 is 6.02. The predicted octanol–water partition coefficient (Wildman–Crippen LogP) is 2.77. The summed E-state index contributed by atoms with van der Waals surface area (Å²) in [6, 6.07) is 9.44. The Balaban J connectivity index is 1.78. The van der Waals surface area contributed by atoms with Gasteiger partial charge in [-0.25, -0.2) is 16.8 Å². The molecule has 0 unspecified atom stereocenters. The number of aliphatic carboxylic acids is 1. The minimum Gasteiger partial charge on any atom is -0.481 e. The average molecular weight is 527 g/mol. The minimum absolute atomic E-state index is 0.00670. The predicted molar refractivity (Wildman–Crippen MR) is 127 cm³/mol. The van der Waals surface area contributed by atoms with Crippen molar-refractivity contribution in [3.8, 4) is 11.8 Å². The van der Waals surface area contributed by atoms with E-state index in [2.05, 4.69) is 16.6 Å². The molecule has 2 aromatic rings. The van der Waals surface area contributed by atoms with Gasteiger partial charge in [0, 0.05) is 31.0 Å². The zero-order valence-corrected chi connectivity index (χ0v) is 20.4. The summed E-state index contributed by atoms with van der Waals surface area (Å²) in [6.45, 7) is 1.09. The molecule has 2 N–H and O–H groups in total. The molecule has 0 saturated carbocycles. The number of unbranched alkanes of at least 4 members (excludes halogenated alkanes) is 1. The summed E-state index contributed by atoms with van der Waals surface area (Å²) in [7, 11) is -7.80. The van der Waals surface area contributed by atoms with E-state index in [0.717, 1.165) is 0 Å². The van der Waals surface area contributed by atoms with Crippen LogP contribution in [0.25, 0.3) is 0 Å². The normalized spacial score (nSPS) is 14.7. The molecule has 0 aromatic heterocycles. The third-order valence-corrected chi connectivity index (χ3v) is 8.41. The molecular weight excluding hydrogens is 504 g/mol. The SMILES string of the molecule is O=C(O)CCCC#Cc1cc(Cl)ccc1NS(=O)(=O)c1ccc(S(=O)(=O)N2CCOCC2)cc1. The summed E-state index contributed by atoms with van der Waals surface area (Å²) < 4.78 is 60.3. The number of carboxylic acid groups (broad SMARTS) is 1. The van der Waals surface area contributed by atoms with Crippen LogP contribution in [0.4, 0.5) is 5.69 Å². The first-order valence-corrected chi connectivity index (χ1v) is 13.6. The standard InChI is InChI=1S/C22H23ClN2O7S2/c23-18-6-11-21(17(16-18)4-2-1-3-5-22(26)27)24-33(28,29)19-7-9-20(10-8-19)34(30,31)25-12-14-32-15-13-25/h6-11,16,24H,1,3,5,12-15H2,(H,26,27). The molecule has 1 aliphatic rings. The molecule has 0 radical (unpaired) electrons. The summed E-state index contributed by atoms with van der Waals surface area (Å²) in [6.07, 6.45) is 0.675. The van der Waals surface area contributed by atoms with E-state index < -0.39 is 26.0 Å². The van der Waals surface area contributed by atoms with Crippen LogP contribution in [0, 0.1) is 11.8 Å². The van der Waals surface area contributed by atoms with Crippen LogP contribution in [0.3, 0.4) is 0 Å². The molecule has 1 fully saturated rings. The topological polar surface area (TPSA) is 130 Å². The number of morpholine rings is 1. The van der Waals surface area contributed by atoms with Gasteiger partial charge in [0.15, 0.2) is 0 Å². The van der Waals surface area contributed by atoms with Crippen LogP contribution < -0.4 is 4.72 Å². The molecule has 1 saturated heterocycles. The van der Waals surface area contributed by atoms with Crippen molar-refractivity contribution in [3.05, 3.63) is 53.1 Å². The van der Waals surface area contributed by atoms with Gasteiger partial charge in [-0.2, -0.15) is 4.31 Å². The van der Waals surface area contributed by atoms with Gasteiger partial charge in [-0.3, -0.25) is 9.52 Å². The summed E-state index contributed by atoms with van der Waals surface area (Å²) in [5, 5.41) is 9.05. The number of benzene rings is 2. The summed E-state index contributed by atoms with van der Waals surface area (Å²) in [5.41, 5.74) is 0.526. The van der Waals surface area contributed by atoms with Crippen LogP contribution in [0.15, 0.2) is 52.3 Å². The largest absolute Gasteiger partial charge is 0.481 e. The highest BCUT2D eigenvalue weighted by Crippen LogP contribution is 2.25. The van der Waals surface area contributed by atoms with Gasteiger partial charge < -0.3 is 9.84 Å². The highest BCUT2D eigenvalue weighted by atomic mass is 35.5. The zero-order valence-electron chi connectivity index (χ0n) is 18.0. The van der Waals surface area contributed by atoms with Crippen molar-refractivity contribution < 1.29 is 31.5 Å². The van der Waals surface area contributed by atoms with Crippen molar-refractivity contribution in [2.75, 3.05) is 31.0 Å². The zero-order chi connectivity index (χ0) is 24.8. The highest BCUT2D eigenvalue weighted by molar-refractivity contribution is 7.92. The van der Waals surface area contributed by atoms with E-state index in [1.807, 2.05) is 0 Å². The van der Waals surface area contributed by atoms with Crippen molar-refractivity contribution >= 4 is 43.3 Å². The molecule has 0 atom stereocenters. The van der Waals surface area contributed by atoms with E-state index >= 15 is 0 Å². The van der Waals surface area contributed by atoms with Crippen molar-refractivity contribution in [1.82, 2.24) is 4.31 Å². The molecular formula is C22H23ClN2O7S2. The molecule has 0 aliphatic carbocycles. The molecule has 1 aliphatic heterocycles. The monoisotopic (exact) mass is 526 g/mol. The first-order chi connectivity index (χ1) is 16.1. The maximum Gasteiger partial charge on any atom is 0.303 e. The van der Waals surface area contributed by atoms with Crippen LogP contribution in [-0.2, 0) is 29.6 Å². The van der Waals surface area contributed by atoms with E-state index in [1.165, 1.54) is 46.8 Å². The maximum atomic E-state index is 12.9. The highest BCUT2D eigenvalue weighted by Gasteiger charge is 2.27. The molecule has 3 rings (SSSR count). The molecule has 0 amide bonds. The lowest BCUT2D eigenvalue weighted by atomic mass is 10.1.